The van der Waals surface area contributed by atoms with Gasteiger partial charge in [-0.05, 0) is 24.4 Å². The summed E-state index contributed by atoms with van der Waals surface area (Å²) in [6.45, 7) is 3.82. The fraction of sp³-hybridized carbons (Fsp3) is 0.556. The van der Waals surface area contributed by atoms with E-state index >= 15 is 0 Å². The van der Waals surface area contributed by atoms with Crippen LogP contribution in [0.1, 0.15) is 26.7 Å². The Balaban J connectivity index is 2.99. The van der Waals surface area contributed by atoms with Gasteiger partial charge in [0.1, 0.15) is 5.54 Å². The highest BCUT2D eigenvalue weighted by Gasteiger charge is 2.26. The summed E-state index contributed by atoms with van der Waals surface area (Å²) < 4.78 is 0. The van der Waals surface area contributed by atoms with Gasteiger partial charge in [-0.2, -0.15) is 20.2 Å². The van der Waals surface area contributed by atoms with Gasteiger partial charge in [0.2, 0.25) is 17.2 Å². The predicted octanol–water partition coefficient (Wildman–Crippen LogP) is 1.60. The quantitative estimate of drug-likeness (QED) is 0.829. The first-order valence-corrected chi connectivity index (χ1v) is 5.29. The molecule has 3 N–H and O–H groups in total. The van der Waals surface area contributed by atoms with E-state index in [1.54, 1.807) is 0 Å². The third kappa shape index (κ3) is 2.70. The second-order valence-electron chi connectivity index (χ2n) is 3.31. The van der Waals surface area contributed by atoms with Gasteiger partial charge in [0, 0.05) is 0 Å². The van der Waals surface area contributed by atoms with Crippen molar-refractivity contribution in [1.29, 1.82) is 5.26 Å². The fourth-order valence-electron chi connectivity index (χ4n) is 1.25. The Morgan fingerprint density at radius 1 is 1.38 bits per heavy atom. The van der Waals surface area contributed by atoms with Gasteiger partial charge in [-0.1, -0.05) is 13.8 Å². The maximum Gasteiger partial charge on any atom is 0.230 e. The Hall–Kier alpha value is -1.61. The first-order valence-electron chi connectivity index (χ1n) is 4.91. The smallest absolute Gasteiger partial charge is 0.230 e. The minimum absolute atomic E-state index is 0.00838. The SMILES string of the molecule is CCC(C#N)(CC)Nc1nc(N)nc(Cl)n1. The van der Waals surface area contributed by atoms with Crippen molar-refractivity contribution in [1.82, 2.24) is 15.0 Å². The number of nitrogen functional groups attached to an aromatic ring is 1. The van der Waals surface area contributed by atoms with Crippen LogP contribution in [-0.2, 0) is 0 Å². The molecule has 0 spiro atoms. The van der Waals surface area contributed by atoms with Crippen LogP contribution in [0, 0.1) is 11.3 Å². The maximum absolute atomic E-state index is 9.13. The van der Waals surface area contributed by atoms with Gasteiger partial charge in [-0.25, -0.2) is 0 Å². The van der Waals surface area contributed by atoms with Crippen LogP contribution in [0.5, 0.6) is 0 Å². The summed E-state index contributed by atoms with van der Waals surface area (Å²) in [7, 11) is 0. The van der Waals surface area contributed by atoms with E-state index in [4.69, 9.17) is 22.6 Å². The van der Waals surface area contributed by atoms with Crippen molar-refractivity contribution in [2.24, 2.45) is 0 Å². The molecule has 6 nitrogen and oxygen atoms in total. The van der Waals surface area contributed by atoms with Gasteiger partial charge >= 0.3 is 0 Å². The van der Waals surface area contributed by atoms with Crippen LogP contribution in [0.2, 0.25) is 5.28 Å². The number of nitrogens with two attached hydrogens (primary N) is 1. The first kappa shape index (κ1) is 12.5. The summed E-state index contributed by atoms with van der Waals surface area (Å²) >= 11 is 5.64. The monoisotopic (exact) mass is 240 g/mol. The molecule has 0 fully saturated rings. The summed E-state index contributed by atoms with van der Waals surface area (Å²) in [6, 6.07) is 2.21. The molecule has 0 bridgehead atoms. The molecule has 0 unspecified atom stereocenters. The highest BCUT2D eigenvalue weighted by atomic mass is 35.5. The second-order valence-corrected chi connectivity index (χ2v) is 3.65. The van der Waals surface area contributed by atoms with E-state index in [9.17, 15) is 0 Å². The lowest BCUT2D eigenvalue weighted by Gasteiger charge is -2.24. The van der Waals surface area contributed by atoms with E-state index in [0.29, 0.717) is 12.8 Å². The van der Waals surface area contributed by atoms with Crippen molar-refractivity contribution in [3.8, 4) is 6.07 Å². The van der Waals surface area contributed by atoms with Crippen LogP contribution >= 0.6 is 11.6 Å². The lowest BCUT2D eigenvalue weighted by atomic mass is 9.95. The summed E-state index contributed by atoms with van der Waals surface area (Å²) in [5, 5.41) is 12.1. The normalized spacial score (nSPS) is 10.9. The van der Waals surface area contributed by atoms with Crippen molar-refractivity contribution in [3.63, 3.8) is 0 Å². The molecule has 16 heavy (non-hydrogen) atoms. The molecule has 1 rings (SSSR count). The Morgan fingerprint density at radius 3 is 2.44 bits per heavy atom. The molecule has 0 saturated heterocycles. The molecule has 0 aliphatic heterocycles. The zero-order valence-electron chi connectivity index (χ0n) is 9.16. The molecule has 7 heteroatoms. The number of aromatic nitrogens is 3. The molecule has 0 aliphatic rings. The Bertz CT molecular complexity index is 389. The summed E-state index contributed by atoms with van der Waals surface area (Å²) in [4.78, 5) is 11.4. The molecule has 0 aliphatic carbocycles. The highest BCUT2D eigenvalue weighted by molar-refractivity contribution is 6.28. The van der Waals surface area contributed by atoms with Crippen molar-refractivity contribution < 1.29 is 0 Å². The van der Waals surface area contributed by atoms with Gasteiger partial charge in [0.15, 0.2) is 0 Å². The van der Waals surface area contributed by atoms with E-state index in [1.807, 2.05) is 13.8 Å². The molecular weight excluding hydrogens is 228 g/mol. The van der Waals surface area contributed by atoms with Crippen molar-refractivity contribution in [2.45, 2.75) is 32.2 Å². The third-order valence-electron chi connectivity index (χ3n) is 2.40. The van der Waals surface area contributed by atoms with Crippen LogP contribution in [-0.4, -0.2) is 20.5 Å². The number of nitrogens with zero attached hydrogens (tertiary/aromatic N) is 4. The van der Waals surface area contributed by atoms with Gasteiger partial charge in [0.25, 0.3) is 0 Å². The number of halogens is 1. The van der Waals surface area contributed by atoms with Gasteiger partial charge < -0.3 is 11.1 Å². The lowest BCUT2D eigenvalue weighted by Crippen LogP contribution is -2.36. The minimum Gasteiger partial charge on any atom is -0.368 e. The second kappa shape index (κ2) is 4.94. The van der Waals surface area contributed by atoms with Crippen LogP contribution in [0.3, 0.4) is 0 Å². The average molecular weight is 241 g/mol. The molecule has 0 radical (unpaired) electrons. The first-order chi connectivity index (χ1) is 7.55. The largest absolute Gasteiger partial charge is 0.368 e. The summed E-state index contributed by atoms with van der Waals surface area (Å²) in [5.41, 5.74) is 4.74. The van der Waals surface area contributed by atoms with E-state index in [1.165, 1.54) is 0 Å². The van der Waals surface area contributed by atoms with Crippen LogP contribution in [0.15, 0.2) is 0 Å². The standard InChI is InChI=1S/C9H13ClN6/c1-3-9(4-2,5-11)16-8-14-6(10)13-7(12)15-8/h3-4H2,1-2H3,(H3,12,13,14,15,16). The Labute approximate surface area is 98.9 Å². The van der Waals surface area contributed by atoms with Crippen LogP contribution in [0.4, 0.5) is 11.9 Å². The van der Waals surface area contributed by atoms with Gasteiger partial charge in [-0.3, -0.25) is 0 Å². The zero-order valence-corrected chi connectivity index (χ0v) is 9.91. The van der Waals surface area contributed by atoms with E-state index in [0.717, 1.165) is 0 Å². The molecule has 1 heterocycles. The number of nitrogens with one attached hydrogen (secondary N) is 1. The Kier molecular flexibility index (Phi) is 3.85. The molecule has 86 valence electrons. The minimum atomic E-state index is -0.697. The molecule has 0 amide bonds. The van der Waals surface area contributed by atoms with E-state index in [-0.39, 0.29) is 17.2 Å². The lowest BCUT2D eigenvalue weighted by molar-refractivity contribution is 0.543. The number of nitriles is 1. The highest BCUT2D eigenvalue weighted by Crippen LogP contribution is 2.20. The van der Waals surface area contributed by atoms with Gasteiger partial charge in [0.05, 0.1) is 6.07 Å². The van der Waals surface area contributed by atoms with Crippen molar-refractivity contribution in [3.05, 3.63) is 5.28 Å². The molecule has 0 saturated carbocycles. The topological polar surface area (TPSA) is 101 Å². The Morgan fingerprint density at radius 2 is 2.00 bits per heavy atom. The van der Waals surface area contributed by atoms with Crippen molar-refractivity contribution >= 4 is 23.5 Å². The van der Waals surface area contributed by atoms with Crippen LogP contribution < -0.4 is 11.1 Å². The zero-order chi connectivity index (χ0) is 12.2. The van der Waals surface area contributed by atoms with Crippen molar-refractivity contribution in [2.75, 3.05) is 11.1 Å². The molecule has 0 aromatic carbocycles. The van der Waals surface area contributed by atoms with Gasteiger partial charge in [-0.15, -0.1) is 0 Å². The molecular formula is C9H13ClN6. The molecule has 1 aromatic heterocycles. The number of hydrogen-bond acceptors (Lipinski definition) is 6. The van der Waals surface area contributed by atoms with E-state index in [2.05, 4.69) is 26.3 Å². The average Bonchev–Trinajstić information content (AvgIpc) is 2.25. The van der Waals surface area contributed by atoms with Crippen LogP contribution in [0.25, 0.3) is 0 Å². The summed E-state index contributed by atoms with van der Waals surface area (Å²) in [5.74, 6) is 0.254. The number of rotatable bonds is 4. The molecule has 1 aromatic rings. The number of hydrogen-bond donors (Lipinski definition) is 2. The van der Waals surface area contributed by atoms with E-state index < -0.39 is 5.54 Å². The predicted molar refractivity (Wildman–Crippen MR) is 61.8 cm³/mol. The fourth-order valence-corrected chi connectivity index (χ4v) is 1.41. The molecule has 0 atom stereocenters. The third-order valence-corrected chi connectivity index (χ3v) is 2.57. The number of anilines is 2. The maximum atomic E-state index is 9.13. The summed E-state index contributed by atoms with van der Waals surface area (Å²) in [6.07, 6.45) is 1.26.